The standard InChI is InChI=1S/C15H25N5O/c1-12(10-19-7-3-2-4-8-19)17-14(21)13-11-20-9-5-6-16-15(20)18-13/h11-12H,2-10H2,1H3,(H,16,18)(H,17,21). The number of aromatic nitrogens is 2. The Hall–Kier alpha value is -1.56. The molecular weight excluding hydrogens is 266 g/mol. The number of nitrogens with one attached hydrogen (secondary N) is 2. The Bertz CT molecular complexity index is 469. The van der Waals surface area contributed by atoms with Crippen molar-refractivity contribution in [1.82, 2.24) is 19.8 Å². The number of likely N-dealkylation sites (tertiary alicyclic amines) is 1. The summed E-state index contributed by atoms with van der Waals surface area (Å²) in [5.74, 6) is 0.748. The summed E-state index contributed by atoms with van der Waals surface area (Å²) in [6.07, 6.45) is 6.82. The van der Waals surface area contributed by atoms with Gasteiger partial charge in [0.1, 0.15) is 5.69 Å². The molecule has 1 unspecified atom stereocenters. The van der Waals surface area contributed by atoms with E-state index in [-0.39, 0.29) is 11.9 Å². The Morgan fingerprint density at radius 1 is 1.33 bits per heavy atom. The molecule has 1 atom stereocenters. The molecule has 2 N–H and O–H groups in total. The number of imidazole rings is 1. The lowest BCUT2D eigenvalue weighted by Crippen LogP contribution is -2.43. The van der Waals surface area contributed by atoms with Crippen molar-refractivity contribution in [1.29, 1.82) is 0 Å². The zero-order chi connectivity index (χ0) is 14.7. The van der Waals surface area contributed by atoms with Crippen molar-refractivity contribution in [2.24, 2.45) is 0 Å². The Labute approximate surface area is 125 Å². The number of fused-ring (bicyclic) bond motifs is 1. The van der Waals surface area contributed by atoms with Crippen molar-refractivity contribution in [2.45, 2.75) is 45.2 Å². The van der Waals surface area contributed by atoms with Gasteiger partial charge in [-0.25, -0.2) is 4.98 Å². The average molecular weight is 291 g/mol. The van der Waals surface area contributed by atoms with Crippen molar-refractivity contribution in [2.75, 3.05) is 31.5 Å². The number of nitrogens with zero attached hydrogens (tertiary/aromatic N) is 3. The number of aryl methyl sites for hydroxylation is 1. The molecule has 0 bridgehead atoms. The predicted octanol–water partition coefficient (Wildman–Crippen LogP) is 1.30. The highest BCUT2D eigenvalue weighted by molar-refractivity contribution is 5.92. The van der Waals surface area contributed by atoms with E-state index in [1.165, 1.54) is 19.3 Å². The number of carbonyl (C=O) groups is 1. The van der Waals surface area contributed by atoms with Gasteiger partial charge in [0.2, 0.25) is 5.95 Å². The summed E-state index contributed by atoms with van der Waals surface area (Å²) in [5.41, 5.74) is 0.518. The van der Waals surface area contributed by atoms with E-state index in [4.69, 9.17) is 0 Å². The van der Waals surface area contributed by atoms with Gasteiger partial charge < -0.3 is 20.1 Å². The van der Waals surface area contributed by atoms with Crippen LogP contribution in [0, 0.1) is 0 Å². The average Bonchev–Trinajstić information content (AvgIpc) is 2.92. The van der Waals surface area contributed by atoms with Gasteiger partial charge in [-0.1, -0.05) is 6.42 Å². The fourth-order valence-corrected chi connectivity index (χ4v) is 3.16. The van der Waals surface area contributed by atoms with E-state index in [9.17, 15) is 4.79 Å². The van der Waals surface area contributed by atoms with Gasteiger partial charge >= 0.3 is 0 Å². The molecular formula is C15H25N5O. The minimum atomic E-state index is -0.0665. The number of carbonyl (C=O) groups excluding carboxylic acids is 1. The quantitative estimate of drug-likeness (QED) is 0.878. The largest absolute Gasteiger partial charge is 0.356 e. The summed E-state index contributed by atoms with van der Waals surface area (Å²) < 4.78 is 2.02. The molecule has 6 nitrogen and oxygen atoms in total. The van der Waals surface area contributed by atoms with Gasteiger partial charge in [0.25, 0.3) is 5.91 Å². The molecule has 1 aromatic rings. The summed E-state index contributed by atoms with van der Waals surface area (Å²) in [4.78, 5) is 19.1. The van der Waals surface area contributed by atoms with Gasteiger partial charge in [-0.05, 0) is 39.3 Å². The van der Waals surface area contributed by atoms with Crippen LogP contribution in [0.2, 0.25) is 0 Å². The summed E-state index contributed by atoms with van der Waals surface area (Å²) in [6, 6.07) is 0.155. The van der Waals surface area contributed by atoms with E-state index in [0.29, 0.717) is 5.69 Å². The molecule has 0 saturated carbocycles. The van der Waals surface area contributed by atoms with E-state index in [2.05, 4.69) is 27.4 Å². The number of anilines is 1. The smallest absolute Gasteiger partial charge is 0.271 e. The molecule has 0 radical (unpaired) electrons. The minimum Gasteiger partial charge on any atom is -0.356 e. The molecule has 6 heteroatoms. The second kappa shape index (κ2) is 6.47. The molecule has 1 amide bonds. The highest BCUT2D eigenvalue weighted by Gasteiger charge is 2.19. The van der Waals surface area contributed by atoms with Crippen LogP contribution in [0.3, 0.4) is 0 Å². The van der Waals surface area contributed by atoms with Gasteiger partial charge in [0.05, 0.1) is 0 Å². The number of piperidine rings is 1. The molecule has 0 spiro atoms. The van der Waals surface area contributed by atoms with Crippen LogP contribution in [-0.4, -0.2) is 52.6 Å². The van der Waals surface area contributed by atoms with Crippen molar-refractivity contribution < 1.29 is 4.79 Å². The second-order valence-electron chi connectivity index (χ2n) is 6.16. The molecule has 21 heavy (non-hydrogen) atoms. The Balaban J connectivity index is 1.54. The summed E-state index contributed by atoms with van der Waals surface area (Å²) in [5, 5.41) is 6.29. The predicted molar refractivity (Wildman–Crippen MR) is 82.6 cm³/mol. The zero-order valence-corrected chi connectivity index (χ0v) is 12.8. The van der Waals surface area contributed by atoms with E-state index < -0.39 is 0 Å². The van der Waals surface area contributed by atoms with Crippen LogP contribution < -0.4 is 10.6 Å². The molecule has 1 saturated heterocycles. The lowest BCUT2D eigenvalue weighted by Gasteiger charge is -2.29. The molecule has 1 fully saturated rings. The highest BCUT2D eigenvalue weighted by Crippen LogP contribution is 2.14. The van der Waals surface area contributed by atoms with E-state index >= 15 is 0 Å². The fraction of sp³-hybridized carbons (Fsp3) is 0.733. The Morgan fingerprint density at radius 3 is 2.90 bits per heavy atom. The summed E-state index contributed by atoms with van der Waals surface area (Å²) >= 11 is 0. The molecule has 0 aromatic carbocycles. The third-order valence-electron chi connectivity index (χ3n) is 4.23. The normalized spacial score (nSPS) is 20.4. The molecule has 2 aliphatic rings. The van der Waals surface area contributed by atoms with E-state index in [1.807, 2.05) is 10.8 Å². The number of hydrogen-bond acceptors (Lipinski definition) is 4. The van der Waals surface area contributed by atoms with E-state index in [1.54, 1.807) is 0 Å². The zero-order valence-electron chi connectivity index (χ0n) is 12.8. The lowest BCUT2D eigenvalue weighted by atomic mass is 10.1. The molecule has 1 aromatic heterocycles. The third kappa shape index (κ3) is 3.56. The Kier molecular flexibility index (Phi) is 4.43. The maximum Gasteiger partial charge on any atom is 0.271 e. The van der Waals surface area contributed by atoms with Crippen molar-refractivity contribution in [3.05, 3.63) is 11.9 Å². The van der Waals surface area contributed by atoms with Crippen LogP contribution in [0.25, 0.3) is 0 Å². The topological polar surface area (TPSA) is 62.2 Å². The first kappa shape index (κ1) is 14.4. The van der Waals surface area contributed by atoms with Gasteiger partial charge in [-0.2, -0.15) is 0 Å². The number of amides is 1. The highest BCUT2D eigenvalue weighted by atomic mass is 16.2. The van der Waals surface area contributed by atoms with Crippen molar-refractivity contribution in [3.63, 3.8) is 0 Å². The van der Waals surface area contributed by atoms with Gasteiger partial charge in [0, 0.05) is 31.9 Å². The molecule has 3 rings (SSSR count). The Morgan fingerprint density at radius 2 is 2.14 bits per heavy atom. The SMILES string of the molecule is CC(CN1CCCCC1)NC(=O)c1cn2c(n1)NCCC2. The molecule has 0 aliphatic carbocycles. The maximum absolute atomic E-state index is 12.3. The van der Waals surface area contributed by atoms with E-state index in [0.717, 1.165) is 45.1 Å². The monoisotopic (exact) mass is 291 g/mol. The second-order valence-corrected chi connectivity index (χ2v) is 6.16. The van der Waals surface area contributed by atoms with Crippen LogP contribution in [0.5, 0.6) is 0 Å². The van der Waals surface area contributed by atoms with Gasteiger partial charge in [0.15, 0.2) is 0 Å². The maximum atomic E-state index is 12.3. The van der Waals surface area contributed by atoms with Crippen LogP contribution in [-0.2, 0) is 6.54 Å². The fourth-order valence-electron chi connectivity index (χ4n) is 3.16. The summed E-state index contributed by atoms with van der Waals surface area (Å²) in [6.45, 7) is 7.18. The molecule has 3 heterocycles. The first-order valence-corrected chi connectivity index (χ1v) is 8.06. The molecule has 2 aliphatic heterocycles. The van der Waals surface area contributed by atoms with Crippen LogP contribution in [0.1, 0.15) is 43.1 Å². The molecule has 116 valence electrons. The van der Waals surface area contributed by atoms with Gasteiger partial charge in [-0.3, -0.25) is 4.79 Å². The van der Waals surface area contributed by atoms with Crippen LogP contribution >= 0.6 is 0 Å². The number of hydrogen-bond donors (Lipinski definition) is 2. The van der Waals surface area contributed by atoms with Crippen molar-refractivity contribution in [3.8, 4) is 0 Å². The number of rotatable bonds is 4. The summed E-state index contributed by atoms with van der Waals surface area (Å²) in [7, 11) is 0. The third-order valence-corrected chi connectivity index (χ3v) is 4.23. The first-order chi connectivity index (χ1) is 10.2. The van der Waals surface area contributed by atoms with Crippen LogP contribution in [0.15, 0.2) is 6.20 Å². The van der Waals surface area contributed by atoms with Gasteiger partial charge in [-0.15, -0.1) is 0 Å². The van der Waals surface area contributed by atoms with Crippen LogP contribution in [0.4, 0.5) is 5.95 Å². The minimum absolute atomic E-state index is 0.0665. The first-order valence-electron chi connectivity index (χ1n) is 8.06. The van der Waals surface area contributed by atoms with Crippen molar-refractivity contribution >= 4 is 11.9 Å². The lowest BCUT2D eigenvalue weighted by molar-refractivity contribution is 0.0921.